The Bertz CT molecular complexity index is 2140. The van der Waals surface area contributed by atoms with Crippen molar-refractivity contribution in [1.29, 1.82) is 5.26 Å². The van der Waals surface area contributed by atoms with Gasteiger partial charge in [0, 0.05) is 74.3 Å². The van der Waals surface area contributed by atoms with E-state index >= 15 is 0 Å². The van der Waals surface area contributed by atoms with Crippen LogP contribution in [-0.2, 0) is 13.1 Å². The lowest BCUT2D eigenvalue weighted by molar-refractivity contribution is 0.116. The predicted octanol–water partition coefficient (Wildman–Crippen LogP) is 4.70. The molecule has 17 heteroatoms. The van der Waals surface area contributed by atoms with Crippen molar-refractivity contribution in [2.75, 3.05) is 40.3 Å². The van der Waals surface area contributed by atoms with Crippen LogP contribution in [0.25, 0.3) is 21.8 Å². The molecule has 4 fully saturated rings. The van der Waals surface area contributed by atoms with Gasteiger partial charge in [0.15, 0.2) is 0 Å². The summed E-state index contributed by atoms with van der Waals surface area (Å²) in [6.07, 6.45) is 7.57. The van der Waals surface area contributed by atoms with Crippen molar-refractivity contribution in [2.45, 2.75) is 88.6 Å². The van der Waals surface area contributed by atoms with Gasteiger partial charge in [0.05, 0.1) is 48.0 Å². The van der Waals surface area contributed by atoms with E-state index < -0.39 is 0 Å². The molecule has 4 aliphatic rings. The molecular weight excluding hydrogens is 732 g/mol. The monoisotopic (exact) mass is 782 g/mol. The highest BCUT2D eigenvalue weighted by molar-refractivity contribution is 5.86. The topological polar surface area (TPSA) is 198 Å². The number of urea groups is 4. The van der Waals surface area contributed by atoms with Crippen LogP contribution in [0.2, 0.25) is 0 Å². The Morgan fingerprint density at radius 2 is 1.40 bits per heavy atom. The molecule has 2 aliphatic heterocycles. The molecule has 57 heavy (non-hydrogen) atoms. The number of carbonyl (C=O) groups excluding carboxylic acids is 4. The molecule has 4 aromatic rings. The summed E-state index contributed by atoms with van der Waals surface area (Å²) < 4.78 is 13.5. The molecular formula is C40H51FN12O4. The number of hydrogen-bond donors (Lipinski definition) is 6. The molecule has 0 spiro atoms. The Labute approximate surface area is 330 Å². The number of carbonyl (C=O) groups is 4. The molecule has 2 saturated carbocycles. The fourth-order valence-corrected chi connectivity index (χ4v) is 8.11. The number of fused-ring (bicyclic) bond motifs is 2. The summed E-state index contributed by atoms with van der Waals surface area (Å²) in [5.41, 5.74) is 3.71. The maximum atomic E-state index is 13.5. The highest BCUT2D eigenvalue weighted by atomic mass is 19.1. The molecule has 2 aliphatic carbocycles. The molecule has 2 atom stereocenters. The van der Waals surface area contributed by atoms with E-state index in [9.17, 15) is 28.8 Å². The first kappa shape index (κ1) is 39.2. The van der Waals surface area contributed by atoms with Crippen LogP contribution in [0.1, 0.15) is 68.3 Å². The van der Waals surface area contributed by atoms with Gasteiger partial charge in [-0.15, -0.1) is 0 Å². The van der Waals surface area contributed by atoms with Gasteiger partial charge in [0.1, 0.15) is 5.82 Å². The van der Waals surface area contributed by atoms with Crippen molar-refractivity contribution in [2.24, 2.45) is 0 Å². The molecule has 2 aromatic carbocycles. The number of aromatic nitrogens is 3. The number of likely N-dealkylation sites (tertiary alicyclic amines) is 2. The minimum Gasteiger partial charge on any atom is -0.357 e. The van der Waals surface area contributed by atoms with Gasteiger partial charge in [-0.2, -0.15) is 10.4 Å². The molecule has 6 N–H and O–H groups in total. The lowest BCUT2D eigenvalue weighted by atomic mass is 10.0. The number of rotatable bonds is 8. The van der Waals surface area contributed by atoms with Crippen LogP contribution in [0.15, 0.2) is 42.5 Å². The van der Waals surface area contributed by atoms with Crippen molar-refractivity contribution in [3.05, 3.63) is 65.2 Å². The number of piperidine rings is 2. The van der Waals surface area contributed by atoms with Crippen LogP contribution in [0, 0.1) is 17.1 Å². The van der Waals surface area contributed by atoms with E-state index in [1.54, 1.807) is 36.0 Å². The smallest absolute Gasteiger partial charge is 0.318 e. The zero-order valence-electron chi connectivity index (χ0n) is 32.4. The molecule has 2 aromatic heterocycles. The second-order valence-corrected chi connectivity index (χ2v) is 15.2. The molecule has 0 radical (unpaired) electrons. The quantitative estimate of drug-likeness (QED) is 0.150. The number of amides is 8. The number of hydrogen-bond acceptors (Lipinski definition) is 6. The fraction of sp³-hybridized carbons (Fsp3) is 0.500. The number of benzene rings is 2. The van der Waals surface area contributed by atoms with Crippen LogP contribution in [0.3, 0.4) is 0 Å². The van der Waals surface area contributed by atoms with E-state index in [2.05, 4.69) is 42.5 Å². The van der Waals surface area contributed by atoms with E-state index in [1.165, 1.54) is 12.1 Å². The number of H-pyrrole nitrogens is 2. The molecule has 2 saturated heterocycles. The molecule has 0 unspecified atom stereocenters. The molecule has 0 bridgehead atoms. The minimum atomic E-state index is -0.336. The molecule has 8 amide bonds. The van der Waals surface area contributed by atoms with Gasteiger partial charge in [-0.05, 0) is 87.8 Å². The third-order valence-corrected chi connectivity index (χ3v) is 11.2. The van der Waals surface area contributed by atoms with Gasteiger partial charge in [-0.1, -0.05) is 6.07 Å². The first-order valence-electron chi connectivity index (χ1n) is 19.9. The van der Waals surface area contributed by atoms with Crippen LogP contribution in [-0.4, -0.2) is 123 Å². The zero-order chi connectivity index (χ0) is 40.1. The fourth-order valence-electron chi connectivity index (χ4n) is 8.11. The lowest BCUT2D eigenvalue weighted by Gasteiger charge is -2.39. The number of halogens is 1. The lowest BCUT2D eigenvalue weighted by Crippen LogP contribution is -2.56. The Kier molecular flexibility index (Phi) is 12.0. The summed E-state index contributed by atoms with van der Waals surface area (Å²) in [7, 11) is 3.25. The van der Waals surface area contributed by atoms with Gasteiger partial charge in [-0.3, -0.25) is 5.10 Å². The Morgan fingerprint density at radius 1 is 0.807 bits per heavy atom. The Morgan fingerprint density at radius 3 is 1.96 bits per heavy atom. The third kappa shape index (κ3) is 9.16. The van der Waals surface area contributed by atoms with Crippen LogP contribution in [0.5, 0.6) is 0 Å². The van der Waals surface area contributed by atoms with Crippen LogP contribution < -0.4 is 21.3 Å². The highest BCUT2D eigenvalue weighted by Gasteiger charge is 2.41. The second kappa shape index (κ2) is 17.4. The van der Waals surface area contributed by atoms with Crippen molar-refractivity contribution in [3.63, 3.8) is 0 Å². The van der Waals surface area contributed by atoms with Crippen molar-refractivity contribution < 1.29 is 23.6 Å². The Balaban J connectivity index is 0.000000174. The molecule has 302 valence electrons. The summed E-state index contributed by atoms with van der Waals surface area (Å²) in [6.45, 7) is 3.17. The summed E-state index contributed by atoms with van der Waals surface area (Å²) in [5, 5.41) is 29.1. The van der Waals surface area contributed by atoms with Crippen molar-refractivity contribution in [1.82, 2.24) is 56.0 Å². The maximum absolute atomic E-state index is 13.5. The molecule has 4 heterocycles. The van der Waals surface area contributed by atoms with E-state index in [1.807, 2.05) is 28.0 Å². The number of aromatic amines is 2. The number of nitriles is 1. The van der Waals surface area contributed by atoms with E-state index in [4.69, 9.17) is 0 Å². The third-order valence-electron chi connectivity index (χ3n) is 11.2. The highest BCUT2D eigenvalue weighted by Crippen LogP contribution is 2.33. The standard InChI is InChI=1S/C21H26N6O2.C19H25FN6O2/c1-23-20(28)26-9-3-5-17(13-26)27(16-7-8-16)21(29)24-12-15-10-18-14(11-22)4-2-6-19(18)25-15;1-21-18(27)25-8-2-3-14(11-25)26(13-5-6-13)19(28)22-10-17-15-9-12(20)4-7-16(15)23-24-17/h2,4,6,10,16-17,25H,3,5,7-9,12-13H2,1H3,(H,23,28)(H,24,29);4,7,9,13-14H,2-3,5-6,8,10-11H2,1H3,(H,21,27)(H,22,28)(H,23,24)/t17-;14-/m11/s1. The van der Waals surface area contributed by atoms with Gasteiger partial charge in [0.2, 0.25) is 0 Å². The normalized spacial score (nSPS) is 19.2. The summed E-state index contributed by atoms with van der Waals surface area (Å²) in [4.78, 5) is 60.6. The molecule has 16 nitrogen and oxygen atoms in total. The predicted molar refractivity (Wildman–Crippen MR) is 211 cm³/mol. The van der Waals surface area contributed by atoms with E-state index in [0.29, 0.717) is 48.3 Å². The summed E-state index contributed by atoms with van der Waals surface area (Å²) in [6, 6.07) is 14.2. The van der Waals surface area contributed by atoms with E-state index in [-0.39, 0.29) is 60.7 Å². The van der Waals surface area contributed by atoms with E-state index in [0.717, 1.165) is 74.5 Å². The molecule has 8 rings (SSSR count). The van der Waals surface area contributed by atoms with Crippen LogP contribution >= 0.6 is 0 Å². The average Bonchev–Trinajstić information content (AvgIpc) is 4.17. The largest absolute Gasteiger partial charge is 0.357 e. The maximum Gasteiger partial charge on any atom is 0.318 e. The van der Waals surface area contributed by atoms with Crippen molar-refractivity contribution in [3.8, 4) is 6.07 Å². The van der Waals surface area contributed by atoms with Crippen molar-refractivity contribution >= 4 is 45.9 Å². The van der Waals surface area contributed by atoms with Gasteiger partial charge in [-0.25, -0.2) is 23.6 Å². The second-order valence-electron chi connectivity index (χ2n) is 15.2. The average molecular weight is 783 g/mol. The minimum absolute atomic E-state index is 0.00880. The Hall–Kier alpha value is -6.05. The number of nitrogens with zero attached hydrogens (tertiary/aromatic N) is 6. The van der Waals surface area contributed by atoms with Gasteiger partial charge in [0.25, 0.3) is 0 Å². The summed E-state index contributed by atoms with van der Waals surface area (Å²) in [5.74, 6) is -0.336. The van der Waals surface area contributed by atoms with Crippen LogP contribution in [0.4, 0.5) is 23.6 Å². The van der Waals surface area contributed by atoms with Gasteiger partial charge >= 0.3 is 24.1 Å². The summed E-state index contributed by atoms with van der Waals surface area (Å²) >= 11 is 0. The first-order valence-corrected chi connectivity index (χ1v) is 19.9. The number of nitrogens with one attached hydrogen (secondary N) is 6. The first-order chi connectivity index (χ1) is 27.7. The zero-order valence-corrected chi connectivity index (χ0v) is 32.4. The van der Waals surface area contributed by atoms with Gasteiger partial charge < -0.3 is 45.9 Å². The SMILES string of the molecule is CNC(=O)N1CCC[C@@H](N(C(=O)NCc2[nH]nc3ccc(F)cc23)C2CC2)C1.CNC(=O)N1CCC[C@@H](N(C(=O)NCc2cc3c(C#N)cccc3[nH]2)C2CC2)C1.